The van der Waals surface area contributed by atoms with E-state index in [-0.39, 0.29) is 19.5 Å². The molecule has 0 aliphatic rings. The summed E-state index contributed by atoms with van der Waals surface area (Å²) in [5.74, 6) is 1.53. The molecule has 5 heteroatoms. The summed E-state index contributed by atoms with van der Waals surface area (Å²) >= 11 is 0. The third-order valence-corrected chi connectivity index (χ3v) is 0.575. The number of rotatable bonds is 0. The fraction of sp³-hybridized carbons (Fsp3) is 0.250. The molecule has 0 saturated heterocycles. The molecule has 13 heavy (non-hydrogen) atoms. The monoisotopic (exact) mass is 230 g/mol. The summed E-state index contributed by atoms with van der Waals surface area (Å²) in [6.45, 7) is 0. The first-order chi connectivity index (χ1) is 5.62. The molecule has 0 aromatic rings. The predicted octanol–water partition coefficient (Wildman–Crippen LogP) is -0.504. The van der Waals surface area contributed by atoms with Crippen LogP contribution in [0.25, 0.3) is 0 Å². The van der Waals surface area contributed by atoms with Gasteiger partial charge in [-0.25, -0.2) is 11.8 Å². The standard InChI is InChI=1S/2C4H3O2.Zn/c2*1-3-4(5)6-2;/h2*2H3;/q2*-1;+2. The van der Waals surface area contributed by atoms with Gasteiger partial charge in [-0.2, -0.15) is 0 Å². The summed E-state index contributed by atoms with van der Waals surface area (Å²) in [4.78, 5) is 19.3. The minimum atomic E-state index is -0.741. The number of methoxy groups -OCH3 is 2. The average Bonchev–Trinajstić information content (AvgIpc) is 2.16. The van der Waals surface area contributed by atoms with Gasteiger partial charge in [0, 0.05) is 0 Å². The van der Waals surface area contributed by atoms with Crippen LogP contribution in [-0.2, 0) is 38.5 Å². The molecule has 0 aromatic heterocycles. The second-order valence-electron chi connectivity index (χ2n) is 1.23. The summed E-state index contributed by atoms with van der Waals surface area (Å²) in [6, 6.07) is 0. The van der Waals surface area contributed by atoms with Gasteiger partial charge >= 0.3 is 19.5 Å². The maximum atomic E-state index is 9.66. The van der Waals surface area contributed by atoms with E-state index in [2.05, 4.69) is 9.47 Å². The number of esters is 2. The maximum absolute atomic E-state index is 9.66. The van der Waals surface area contributed by atoms with Crippen molar-refractivity contribution in [1.29, 1.82) is 0 Å². The van der Waals surface area contributed by atoms with E-state index >= 15 is 0 Å². The van der Waals surface area contributed by atoms with Crippen LogP contribution in [-0.4, -0.2) is 26.2 Å². The van der Waals surface area contributed by atoms with Crippen molar-refractivity contribution in [3.63, 3.8) is 0 Å². The molecule has 0 amide bonds. The molecule has 4 nitrogen and oxygen atoms in total. The van der Waals surface area contributed by atoms with Gasteiger partial charge in [0.1, 0.15) is 0 Å². The van der Waals surface area contributed by atoms with Crippen molar-refractivity contribution < 1.29 is 38.5 Å². The van der Waals surface area contributed by atoms with Crippen molar-refractivity contribution in [2.45, 2.75) is 0 Å². The van der Waals surface area contributed by atoms with Crippen LogP contribution in [0.4, 0.5) is 0 Å². The molecule has 0 bridgehead atoms. The molecule has 0 fully saturated rings. The van der Waals surface area contributed by atoms with Crippen LogP contribution in [0.5, 0.6) is 0 Å². The number of ether oxygens (including phenoxy) is 2. The van der Waals surface area contributed by atoms with Crippen molar-refractivity contribution in [2.24, 2.45) is 0 Å². The van der Waals surface area contributed by atoms with Crippen molar-refractivity contribution in [3.05, 3.63) is 12.8 Å². The third kappa shape index (κ3) is 18.0. The van der Waals surface area contributed by atoms with Crippen LogP contribution in [0.1, 0.15) is 0 Å². The normalized spacial score (nSPS) is 5.54. The smallest absolute Gasteiger partial charge is 0.544 e. The van der Waals surface area contributed by atoms with E-state index in [1.807, 2.05) is 0 Å². The zero-order valence-electron chi connectivity index (χ0n) is 7.34. The summed E-state index contributed by atoms with van der Waals surface area (Å²) in [7, 11) is 2.40. The first-order valence-electron chi connectivity index (χ1n) is 2.63. The van der Waals surface area contributed by atoms with E-state index in [1.165, 1.54) is 26.1 Å². The Morgan fingerprint density at radius 3 is 1.23 bits per heavy atom. The first-order valence-corrected chi connectivity index (χ1v) is 2.63. The number of carbonyl (C=O) groups is 2. The van der Waals surface area contributed by atoms with Crippen LogP contribution < -0.4 is 0 Å². The van der Waals surface area contributed by atoms with Gasteiger partial charge in [0.25, 0.3) is 0 Å². The Hall–Kier alpha value is -1.32. The van der Waals surface area contributed by atoms with Crippen LogP contribution in [0.3, 0.4) is 0 Å². The van der Waals surface area contributed by atoms with Gasteiger partial charge in [-0.1, -0.05) is 0 Å². The van der Waals surface area contributed by atoms with Gasteiger partial charge in [-0.05, 0) is 0 Å². The van der Waals surface area contributed by atoms with Gasteiger partial charge < -0.3 is 31.9 Å². The van der Waals surface area contributed by atoms with Gasteiger partial charge in [0.05, 0.1) is 14.2 Å². The Morgan fingerprint density at radius 2 is 1.23 bits per heavy atom. The topological polar surface area (TPSA) is 52.6 Å². The average molecular weight is 232 g/mol. The third-order valence-electron chi connectivity index (χ3n) is 0.575. The SMILES string of the molecule is [C-]#CC(=O)OC.[C-]#CC(=O)OC.[Zn+2]. The van der Waals surface area contributed by atoms with E-state index in [0.717, 1.165) is 0 Å². The second-order valence-corrected chi connectivity index (χ2v) is 1.23. The molecule has 0 N–H and O–H groups in total. The predicted molar refractivity (Wildman–Crippen MR) is 38.3 cm³/mol. The molecule has 0 aliphatic carbocycles. The largest absolute Gasteiger partial charge is 2.00 e. The van der Waals surface area contributed by atoms with E-state index < -0.39 is 11.9 Å². The molecule has 0 aliphatic heterocycles. The zero-order chi connectivity index (χ0) is 9.98. The fourth-order valence-corrected chi connectivity index (χ4v) is 0.102. The molecule has 0 heterocycles. The molecule has 0 radical (unpaired) electrons. The number of hydrogen-bond donors (Lipinski definition) is 0. The van der Waals surface area contributed by atoms with Gasteiger partial charge in [-0.3, -0.25) is 0 Å². The van der Waals surface area contributed by atoms with Crippen LogP contribution >= 0.6 is 0 Å². The molecule has 0 unspecified atom stereocenters. The zero-order valence-corrected chi connectivity index (χ0v) is 10.3. The summed E-state index contributed by atoms with van der Waals surface area (Å²) in [5.41, 5.74) is 0. The summed E-state index contributed by atoms with van der Waals surface area (Å²) in [5, 5.41) is 0. The molecule has 0 atom stereocenters. The molecular weight excluding hydrogens is 225 g/mol. The van der Waals surface area contributed by atoms with E-state index in [1.54, 1.807) is 0 Å². The molecular formula is C8H6O4Zn. The number of carbonyl (C=O) groups excluding carboxylic acids is 2. The Kier molecular flexibility index (Phi) is 18.1. The van der Waals surface area contributed by atoms with Crippen LogP contribution in [0.15, 0.2) is 0 Å². The Bertz CT molecular complexity index is 208. The van der Waals surface area contributed by atoms with Crippen molar-refractivity contribution in [3.8, 4) is 11.8 Å². The maximum Gasteiger partial charge on any atom is 2.00 e. The minimum absolute atomic E-state index is 0. The Labute approximate surface area is 89.7 Å². The second kappa shape index (κ2) is 13.3. The van der Waals surface area contributed by atoms with Crippen molar-refractivity contribution in [1.82, 2.24) is 0 Å². The molecule has 0 rings (SSSR count). The molecule has 64 valence electrons. The molecule has 0 saturated carbocycles. The quantitative estimate of drug-likeness (QED) is 0.244. The summed E-state index contributed by atoms with van der Waals surface area (Å²) < 4.78 is 7.92. The molecule has 0 spiro atoms. The van der Waals surface area contributed by atoms with E-state index in [4.69, 9.17) is 12.8 Å². The minimum Gasteiger partial charge on any atom is -0.544 e. The Morgan fingerprint density at radius 1 is 1.00 bits per heavy atom. The number of hydrogen-bond acceptors (Lipinski definition) is 4. The van der Waals surface area contributed by atoms with E-state index in [0.29, 0.717) is 0 Å². The van der Waals surface area contributed by atoms with Crippen LogP contribution in [0.2, 0.25) is 0 Å². The Balaban J connectivity index is -0.000000143. The first kappa shape index (κ1) is 17.7. The van der Waals surface area contributed by atoms with Crippen molar-refractivity contribution in [2.75, 3.05) is 14.2 Å². The summed E-state index contributed by atoms with van der Waals surface area (Å²) in [6.07, 6.45) is 12.2. The van der Waals surface area contributed by atoms with Crippen LogP contribution in [0, 0.1) is 24.7 Å². The van der Waals surface area contributed by atoms with Gasteiger partial charge in [-0.15, -0.1) is 0 Å². The van der Waals surface area contributed by atoms with Crippen molar-refractivity contribution >= 4 is 11.9 Å². The fourth-order valence-electron chi connectivity index (χ4n) is 0.102. The van der Waals surface area contributed by atoms with E-state index in [9.17, 15) is 9.59 Å². The van der Waals surface area contributed by atoms with Gasteiger partial charge in [0.2, 0.25) is 11.9 Å². The van der Waals surface area contributed by atoms with Gasteiger partial charge in [0.15, 0.2) is 0 Å². The molecule has 0 aromatic carbocycles.